The predicted molar refractivity (Wildman–Crippen MR) is 131 cm³/mol. The van der Waals surface area contributed by atoms with Crippen LogP contribution < -0.4 is 15.5 Å². The number of aryl methyl sites for hydroxylation is 1. The normalized spacial score (nSPS) is 14.8. The third kappa shape index (κ3) is 4.70. The summed E-state index contributed by atoms with van der Waals surface area (Å²) in [7, 11) is 3.90. The van der Waals surface area contributed by atoms with Crippen molar-refractivity contribution in [3.05, 3.63) is 71.0 Å². The second-order valence-corrected chi connectivity index (χ2v) is 8.94. The summed E-state index contributed by atoms with van der Waals surface area (Å²) in [5.41, 5.74) is 2.20. The van der Waals surface area contributed by atoms with Crippen LogP contribution in [0.1, 0.15) is 37.1 Å². The highest BCUT2D eigenvalue weighted by atomic mass is 35.5. The van der Waals surface area contributed by atoms with Crippen LogP contribution in [0.4, 0.5) is 23.0 Å². The molecule has 3 aromatic rings. The summed E-state index contributed by atoms with van der Waals surface area (Å²) in [6.45, 7) is 1.87. The Hall–Kier alpha value is -3.12. The van der Waals surface area contributed by atoms with E-state index in [2.05, 4.69) is 20.6 Å². The van der Waals surface area contributed by atoms with Gasteiger partial charge < -0.3 is 15.5 Å². The van der Waals surface area contributed by atoms with E-state index in [-0.39, 0.29) is 5.91 Å². The summed E-state index contributed by atoms with van der Waals surface area (Å²) >= 11 is 6.06. The fourth-order valence-corrected chi connectivity index (χ4v) is 4.40. The second-order valence-electron chi connectivity index (χ2n) is 8.51. The van der Waals surface area contributed by atoms with Gasteiger partial charge in [-0.3, -0.25) is 4.79 Å². The summed E-state index contributed by atoms with van der Waals surface area (Å²) in [6.07, 6.45) is 3.79. The lowest BCUT2D eigenvalue weighted by Gasteiger charge is -2.28. The van der Waals surface area contributed by atoms with Crippen LogP contribution >= 0.6 is 11.6 Å². The molecule has 0 atom stereocenters. The largest absolute Gasteiger partial charge is 0.363 e. The first-order chi connectivity index (χ1) is 15.4. The number of carbonyl (C=O) groups is 1. The van der Waals surface area contributed by atoms with Crippen molar-refractivity contribution < 1.29 is 4.79 Å². The van der Waals surface area contributed by atoms with E-state index in [0.29, 0.717) is 10.8 Å². The lowest BCUT2D eigenvalue weighted by molar-refractivity contribution is -0.121. The van der Waals surface area contributed by atoms with E-state index >= 15 is 0 Å². The third-order valence-electron chi connectivity index (χ3n) is 5.99. The summed E-state index contributed by atoms with van der Waals surface area (Å²) < 4.78 is 0. The highest BCUT2D eigenvalue weighted by Crippen LogP contribution is 2.42. The first kappa shape index (κ1) is 22.1. The molecule has 1 aromatic heterocycles. The van der Waals surface area contributed by atoms with E-state index < -0.39 is 5.41 Å². The maximum atomic E-state index is 13.4. The van der Waals surface area contributed by atoms with Gasteiger partial charge in [0.25, 0.3) is 0 Å². The number of nitrogens with zero attached hydrogens (tertiary/aromatic N) is 3. The molecule has 2 N–H and O–H groups in total. The molecule has 166 valence electrons. The Balaban J connectivity index is 1.48. The first-order valence-corrected chi connectivity index (χ1v) is 11.2. The lowest BCUT2D eigenvalue weighted by atomic mass is 9.78. The molecule has 1 aliphatic rings. The zero-order valence-corrected chi connectivity index (χ0v) is 19.4. The van der Waals surface area contributed by atoms with E-state index in [1.54, 1.807) is 0 Å². The third-order valence-corrected chi connectivity index (χ3v) is 6.24. The molecule has 0 spiro atoms. The van der Waals surface area contributed by atoms with Crippen molar-refractivity contribution in [1.29, 1.82) is 0 Å². The smallest absolute Gasteiger partial charge is 0.235 e. The van der Waals surface area contributed by atoms with Gasteiger partial charge in [0.15, 0.2) is 0 Å². The molecular formula is C25H28ClN5O. The summed E-state index contributed by atoms with van der Waals surface area (Å²) in [6, 6.07) is 17.3. The van der Waals surface area contributed by atoms with Crippen LogP contribution in [0.2, 0.25) is 5.02 Å². The van der Waals surface area contributed by atoms with Crippen molar-refractivity contribution in [2.24, 2.45) is 0 Å². The Morgan fingerprint density at radius 2 is 1.59 bits per heavy atom. The molecule has 32 heavy (non-hydrogen) atoms. The molecule has 0 saturated heterocycles. The number of rotatable bonds is 6. The Labute approximate surface area is 194 Å². The van der Waals surface area contributed by atoms with Gasteiger partial charge in [-0.1, -0.05) is 36.6 Å². The SMILES string of the molecule is Cc1nc(Nc2ccc(NC(=O)C3(c4ccc(Cl)cc4)CCCC3)cc2)cc(N(C)C)n1. The predicted octanol–water partition coefficient (Wildman–Crippen LogP) is 5.70. The number of carbonyl (C=O) groups excluding carboxylic acids is 1. The van der Waals surface area contributed by atoms with Crippen LogP contribution in [0.15, 0.2) is 54.6 Å². The molecule has 1 saturated carbocycles. The minimum absolute atomic E-state index is 0.0417. The fourth-order valence-electron chi connectivity index (χ4n) is 4.27. The minimum atomic E-state index is -0.497. The molecule has 0 unspecified atom stereocenters. The monoisotopic (exact) mass is 449 g/mol. The van der Waals surface area contributed by atoms with Crippen LogP contribution in [-0.4, -0.2) is 30.0 Å². The van der Waals surface area contributed by atoms with Gasteiger partial charge in [0.1, 0.15) is 17.5 Å². The number of hydrogen-bond donors (Lipinski definition) is 2. The Kier molecular flexibility index (Phi) is 6.33. The quantitative estimate of drug-likeness (QED) is 0.505. The lowest BCUT2D eigenvalue weighted by Crippen LogP contribution is -2.37. The van der Waals surface area contributed by atoms with Crippen LogP contribution in [-0.2, 0) is 10.2 Å². The number of halogens is 1. The molecule has 1 aliphatic carbocycles. The van der Waals surface area contributed by atoms with Crippen LogP contribution in [0.25, 0.3) is 0 Å². The number of hydrogen-bond acceptors (Lipinski definition) is 5. The van der Waals surface area contributed by atoms with Gasteiger partial charge in [0.2, 0.25) is 5.91 Å². The molecule has 7 heteroatoms. The Bertz CT molecular complexity index is 1090. The zero-order valence-electron chi connectivity index (χ0n) is 18.7. The minimum Gasteiger partial charge on any atom is -0.363 e. The second kappa shape index (κ2) is 9.17. The standard InChI is InChI=1S/C25H28ClN5O/c1-17-27-22(16-23(28-17)31(2)3)29-20-10-12-21(13-11-20)30-24(32)25(14-4-5-15-25)18-6-8-19(26)9-7-18/h6-13,16H,4-5,14-15H2,1-3H3,(H,30,32)(H,27,28,29). The van der Waals surface area contributed by atoms with Crippen LogP contribution in [0, 0.1) is 6.92 Å². The molecule has 0 aliphatic heterocycles. The van der Waals surface area contributed by atoms with Crippen molar-refractivity contribution in [1.82, 2.24) is 9.97 Å². The molecule has 2 aromatic carbocycles. The Morgan fingerprint density at radius 3 is 2.22 bits per heavy atom. The van der Waals surface area contributed by atoms with Gasteiger partial charge in [0, 0.05) is 36.6 Å². The van der Waals surface area contributed by atoms with Gasteiger partial charge in [-0.15, -0.1) is 0 Å². The van der Waals surface area contributed by atoms with E-state index in [9.17, 15) is 4.79 Å². The average molecular weight is 450 g/mol. The fraction of sp³-hybridized carbons (Fsp3) is 0.320. The van der Waals surface area contributed by atoms with Crippen molar-refractivity contribution in [3.8, 4) is 0 Å². The van der Waals surface area contributed by atoms with Gasteiger partial charge in [-0.05, 0) is 61.7 Å². The van der Waals surface area contributed by atoms with E-state index in [1.807, 2.05) is 80.5 Å². The summed E-state index contributed by atoms with van der Waals surface area (Å²) in [4.78, 5) is 24.2. The maximum absolute atomic E-state index is 13.4. The molecule has 0 radical (unpaired) electrons. The first-order valence-electron chi connectivity index (χ1n) is 10.8. The molecule has 1 fully saturated rings. The number of aromatic nitrogens is 2. The number of anilines is 4. The van der Waals surface area contributed by atoms with Crippen LogP contribution in [0.5, 0.6) is 0 Å². The number of benzene rings is 2. The summed E-state index contributed by atoms with van der Waals surface area (Å²) in [5, 5.41) is 7.12. The molecule has 1 heterocycles. The Morgan fingerprint density at radius 1 is 0.969 bits per heavy atom. The topological polar surface area (TPSA) is 70.2 Å². The van der Waals surface area contributed by atoms with Gasteiger partial charge >= 0.3 is 0 Å². The van der Waals surface area contributed by atoms with Crippen molar-refractivity contribution in [2.45, 2.75) is 38.0 Å². The van der Waals surface area contributed by atoms with Gasteiger partial charge in [-0.2, -0.15) is 0 Å². The number of nitrogens with one attached hydrogen (secondary N) is 2. The molecule has 6 nitrogen and oxygen atoms in total. The molecule has 4 rings (SSSR count). The van der Waals surface area contributed by atoms with Crippen molar-refractivity contribution in [2.75, 3.05) is 29.6 Å². The molecule has 0 bridgehead atoms. The van der Waals surface area contributed by atoms with Crippen molar-refractivity contribution >= 4 is 40.5 Å². The number of amides is 1. The van der Waals surface area contributed by atoms with Gasteiger partial charge in [0.05, 0.1) is 5.41 Å². The van der Waals surface area contributed by atoms with Gasteiger partial charge in [-0.25, -0.2) is 9.97 Å². The van der Waals surface area contributed by atoms with Crippen LogP contribution in [0.3, 0.4) is 0 Å². The maximum Gasteiger partial charge on any atom is 0.235 e. The molecular weight excluding hydrogens is 422 g/mol. The highest BCUT2D eigenvalue weighted by molar-refractivity contribution is 6.30. The van der Waals surface area contributed by atoms with E-state index in [1.165, 1.54) is 0 Å². The van der Waals surface area contributed by atoms with E-state index in [0.717, 1.165) is 54.3 Å². The molecule has 1 amide bonds. The average Bonchev–Trinajstić information content (AvgIpc) is 3.26. The zero-order chi connectivity index (χ0) is 22.7. The highest BCUT2D eigenvalue weighted by Gasteiger charge is 2.42. The van der Waals surface area contributed by atoms with Crippen molar-refractivity contribution in [3.63, 3.8) is 0 Å². The summed E-state index contributed by atoms with van der Waals surface area (Å²) in [5.74, 6) is 2.31. The van der Waals surface area contributed by atoms with E-state index in [4.69, 9.17) is 11.6 Å².